The summed E-state index contributed by atoms with van der Waals surface area (Å²) in [5.41, 5.74) is 3.08. The second-order valence-electron chi connectivity index (χ2n) is 5.85. The lowest BCUT2D eigenvalue weighted by molar-refractivity contribution is 0.0924. The van der Waals surface area contributed by atoms with Gasteiger partial charge in [-0.1, -0.05) is 6.92 Å². The van der Waals surface area contributed by atoms with Crippen molar-refractivity contribution in [3.63, 3.8) is 0 Å². The summed E-state index contributed by atoms with van der Waals surface area (Å²) in [6.45, 7) is 9.64. The number of hydrogen-bond acceptors (Lipinski definition) is 3. The molecule has 0 saturated heterocycles. The second kappa shape index (κ2) is 7.60. The van der Waals surface area contributed by atoms with Crippen molar-refractivity contribution in [1.29, 1.82) is 0 Å². The first-order chi connectivity index (χ1) is 9.36. The molecule has 20 heavy (non-hydrogen) atoms. The van der Waals surface area contributed by atoms with Gasteiger partial charge in [-0.3, -0.25) is 9.69 Å². The summed E-state index contributed by atoms with van der Waals surface area (Å²) in [6.07, 6.45) is 1.08. The van der Waals surface area contributed by atoms with Crippen molar-refractivity contribution < 1.29 is 4.79 Å². The predicted octanol–water partition coefficient (Wildman–Crippen LogP) is 2.10. The van der Waals surface area contributed by atoms with Gasteiger partial charge in [0.05, 0.1) is 6.54 Å². The molecule has 0 atom stereocenters. The maximum Gasteiger partial charge on any atom is 0.178 e. The van der Waals surface area contributed by atoms with Crippen LogP contribution >= 0.6 is 0 Å². The van der Waals surface area contributed by atoms with Gasteiger partial charge in [0.1, 0.15) is 0 Å². The van der Waals surface area contributed by atoms with Crippen molar-refractivity contribution in [2.75, 3.05) is 40.3 Å². The van der Waals surface area contributed by atoms with Crippen molar-refractivity contribution in [2.45, 2.75) is 27.2 Å². The van der Waals surface area contributed by atoms with Gasteiger partial charge in [-0.25, -0.2) is 0 Å². The molecule has 0 aliphatic heterocycles. The molecule has 4 heteroatoms. The highest BCUT2D eigenvalue weighted by atomic mass is 16.1. The van der Waals surface area contributed by atoms with E-state index < -0.39 is 0 Å². The van der Waals surface area contributed by atoms with E-state index in [2.05, 4.69) is 35.4 Å². The SMILES string of the molecule is CCCN(CCN(C)C)CC(=O)c1cc(C)n(C)c1C. The molecule has 4 nitrogen and oxygen atoms in total. The van der Waals surface area contributed by atoms with Crippen molar-refractivity contribution in [2.24, 2.45) is 7.05 Å². The Morgan fingerprint density at radius 2 is 1.85 bits per heavy atom. The molecule has 1 heterocycles. The van der Waals surface area contributed by atoms with Gasteiger partial charge in [0.15, 0.2) is 5.78 Å². The lowest BCUT2D eigenvalue weighted by Crippen LogP contribution is -2.36. The summed E-state index contributed by atoms with van der Waals surface area (Å²) >= 11 is 0. The van der Waals surface area contributed by atoms with Gasteiger partial charge in [0, 0.05) is 37.1 Å². The minimum atomic E-state index is 0.235. The van der Waals surface area contributed by atoms with Crippen LogP contribution in [0.1, 0.15) is 35.1 Å². The van der Waals surface area contributed by atoms with Crippen molar-refractivity contribution in [3.05, 3.63) is 23.0 Å². The lowest BCUT2D eigenvalue weighted by atomic mass is 10.1. The third-order valence-corrected chi connectivity index (χ3v) is 3.85. The fraction of sp³-hybridized carbons (Fsp3) is 0.688. The van der Waals surface area contributed by atoms with Crippen LogP contribution in [-0.4, -0.2) is 60.4 Å². The molecule has 1 rings (SSSR count). The first-order valence-corrected chi connectivity index (χ1v) is 7.40. The van der Waals surface area contributed by atoms with E-state index in [1.54, 1.807) is 0 Å². The Kier molecular flexibility index (Phi) is 6.43. The van der Waals surface area contributed by atoms with E-state index in [-0.39, 0.29) is 5.78 Å². The highest BCUT2D eigenvalue weighted by Crippen LogP contribution is 2.14. The first kappa shape index (κ1) is 16.9. The van der Waals surface area contributed by atoms with Crippen LogP contribution in [0.4, 0.5) is 0 Å². The largest absolute Gasteiger partial charge is 0.351 e. The van der Waals surface area contributed by atoms with Crippen LogP contribution in [0.5, 0.6) is 0 Å². The monoisotopic (exact) mass is 279 g/mol. The number of likely N-dealkylation sites (N-methyl/N-ethyl adjacent to an activating group) is 1. The van der Waals surface area contributed by atoms with Crippen LogP contribution < -0.4 is 0 Å². The molecule has 0 saturated carbocycles. The molecule has 114 valence electrons. The molecule has 0 bridgehead atoms. The Hall–Kier alpha value is -1.13. The fourth-order valence-corrected chi connectivity index (χ4v) is 2.35. The lowest BCUT2D eigenvalue weighted by Gasteiger charge is -2.22. The molecule has 0 N–H and O–H groups in total. The van der Waals surface area contributed by atoms with Crippen LogP contribution in [-0.2, 0) is 7.05 Å². The number of rotatable bonds is 8. The minimum absolute atomic E-state index is 0.235. The number of carbonyl (C=O) groups excluding carboxylic acids is 1. The minimum Gasteiger partial charge on any atom is -0.351 e. The van der Waals surface area contributed by atoms with Gasteiger partial charge in [-0.05, 0) is 47.0 Å². The molecule has 1 aromatic heterocycles. The zero-order valence-electron chi connectivity index (χ0n) is 13.9. The molecule has 0 aliphatic rings. The summed E-state index contributed by atoms with van der Waals surface area (Å²) in [7, 11) is 6.14. The van der Waals surface area contributed by atoms with E-state index in [9.17, 15) is 4.79 Å². The Bertz CT molecular complexity index is 449. The highest BCUT2D eigenvalue weighted by Gasteiger charge is 2.17. The number of Topliss-reactive ketones (excluding diaryl/α,β-unsaturated/α-hetero) is 1. The van der Waals surface area contributed by atoms with Gasteiger partial charge in [0.25, 0.3) is 0 Å². The Morgan fingerprint density at radius 3 is 2.30 bits per heavy atom. The topological polar surface area (TPSA) is 28.5 Å². The molecule has 0 amide bonds. The number of carbonyl (C=O) groups is 1. The van der Waals surface area contributed by atoms with E-state index in [0.717, 1.165) is 43.0 Å². The molecule has 0 fully saturated rings. The average molecular weight is 279 g/mol. The fourth-order valence-electron chi connectivity index (χ4n) is 2.35. The smallest absolute Gasteiger partial charge is 0.178 e. The summed E-state index contributed by atoms with van der Waals surface area (Å²) in [4.78, 5) is 16.9. The van der Waals surface area contributed by atoms with Crippen LogP contribution in [0.25, 0.3) is 0 Å². The zero-order chi connectivity index (χ0) is 15.3. The van der Waals surface area contributed by atoms with E-state index in [1.807, 2.05) is 27.0 Å². The molecule has 0 spiro atoms. The van der Waals surface area contributed by atoms with Gasteiger partial charge in [-0.2, -0.15) is 0 Å². The van der Waals surface area contributed by atoms with Crippen molar-refractivity contribution in [1.82, 2.24) is 14.4 Å². The number of ketones is 1. The Balaban J connectivity index is 2.72. The summed E-state index contributed by atoms with van der Waals surface area (Å²) in [6, 6.07) is 2.01. The number of nitrogens with zero attached hydrogens (tertiary/aromatic N) is 3. The number of hydrogen-bond donors (Lipinski definition) is 0. The molecule has 0 radical (unpaired) electrons. The summed E-state index contributed by atoms with van der Waals surface area (Å²) in [5.74, 6) is 0.235. The quantitative estimate of drug-likeness (QED) is 0.682. The van der Waals surface area contributed by atoms with Crippen molar-refractivity contribution >= 4 is 5.78 Å². The Labute approximate surface area is 123 Å². The standard InChI is InChI=1S/C16H29N3O/c1-7-8-19(10-9-17(4)5)12-16(20)15-11-13(2)18(6)14(15)3/h11H,7-10,12H2,1-6H3. The molecule has 0 aromatic carbocycles. The van der Waals surface area contributed by atoms with E-state index in [0.29, 0.717) is 6.54 Å². The van der Waals surface area contributed by atoms with E-state index >= 15 is 0 Å². The van der Waals surface area contributed by atoms with Crippen LogP contribution in [0.15, 0.2) is 6.07 Å². The maximum absolute atomic E-state index is 12.5. The average Bonchev–Trinajstić information content (AvgIpc) is 2.64. The van der Waals surface area contributed by atoms with Gasteiger partial charge in [0.2, 0.25) is 0 Å². The molecule has 0 unspecified atom stereocenters. The van der Waals surface area contributed by atoms with Crippen LogP contribution in [0.2, 0.25) is 0 Å². The van der Waals surface area contributed by atoms with Gasteiger partial charge < -0.3 is 9.47 Å². The molecular weight excluding hydrogens is 250 g/mol. The second-order valence-corrected chi connectivity index (χ2v) is 5.85. The zero-order valence-corrected chi connectivity index (χ0v) is 13.9. The van der Waals surface area contributed by atoms with Crippen LogP contribution in [0.3, 0.4) is 0 Å². The van der Waals surface area contributed by atoms with Crippen LogP contribution in [0, 0.1) is 13.8 Å². The molecular formula is C16H29N3O. The third kappa shape index (κ3) is 4.46. The molecule has 0 aliphatic carbocycles. The third-order valence-electron chi connectivity index (χ3n) is 3.85. The predicted molar refractivity (Wildman–Crippen MR) is 84.5 cm³/mol. The van der Waals surface area contributed by atoms with E-state index in [1.165, 1.54) is 0 Å². The summed E-state index contributed by atoms with van der Waals surface area (Å²) < 4.78 is 2.08. The van der Waals surface area contributed by atoms with Gasteiger partial charge >= 0.3 is 0 Å². The number of aryl methyl sites for hydroxylation is 1. The van der Waals surface area contributed by atoms with Gasteiger partial charge in [-0.15, -0.1) is 0 Å². The molecule has 1 aromatic rings. The Morgan fingerprint density at radius 1 is 1.20 bits per heavy atom. The maximum atomic E-state index is 12.5. The normalized spacial score (nSPS) is 11.6. The highest BCUT2D eigenvalue weighted by molar-refractivity contribution is 5.99. The number of aromatic nitrogens is 1. The van der Waals surface area contributed by atoms with Crippen molar-refractivity contribution in [3.8, 4) is 0 Å². The van der Waals surface area contributed by atoms with E-state index in [4.69, 9.17) is 0 Å². The summed E-state index contributed by atoms with van der Waals surface area (Å²) in [5, 5.41) is 0. The first-order valence-electron chi connectivity index (χ1n) is 7.40.